The first-order chi connectivity index (χ1) is 19.0. The molecule has 1 saturated heterocycles. The van der Waals surface area contributed by atoms with E-state index < -0.39 is 41.4 Å². The van der Waals surface area contributed by atoms with E-state index in [1.54, 1.807) is 19.9 Å². The molecule has 0 aliphatic carbocycles. The fourth-order valence-corrected chi connectivity index (χ4v) is 6.43. The Hall–Kier alpha value is -3.58. The van der Waals surface area contributed by atoms with Gasteiger partial charge in [-0.2, -0.15) is 13.5 Å². The molecule has 1 aromatic heterocycles. The highest BCUT2D eigenvalue weighted by molar-refractivity contribution is 7.92. The lowest BCUT2D eigenvalue weighted by Gasteiger charge is -2.31. The Kier molecular flexibility index (Phi) is 7.78. The summed E-state index contributed by atoms with van der Waals surface area (Å²) in [6.07, 6.45) is -1.46. The first kappa shape index (κ1) is 28.0. The monoisotopic (exact) mass is 577 g/mol. The van der Waals surface area contributed by atoms with E-state index in [0.717, 1.165) is 11.1 Å². The molecular formula is C27H30F3N5O4S. The average Bonchev–Trinajstić information content (AvgIpc) is 3.33. The molecule has 0 bridgehead atoms. The van der Waals surface area contributed by atoms with Gasteiger partial charge in [0, 0.05) is 30.9 Å². The van der Waals surface area contributed by atoms with E-state index in [1.807, 2.05) is 40.0 Å². The average molecular weight is 578 g/mol. The third kappa shape index (κ3) is 5.66. The number of fused-ring (bicyclic) bond motifs is 1. The van der Waals surface area contributed by atoms with Crippen molar-refractivity contribution in [2.75, 3.05) is 23.9 Å². The number of aryl methyl sites for hydroxylation is 1. The van der Waals surface area contributed by atoms with Crippen LogP contribution < -0.4 is 13.8 Å². The number of amides is 1. The Morgan fingerprint density at radius 3 is 2.58 bits per heavy atom. The van der Waals surface area contributed by atoms with Gasteiger partial charge >= 0.3 is 10.2 Å². The number of hydrogen-bond acceptors (Lipinski definition) is 6. The highest BCUT2D eigenvalue weighted by Crippen LogP contribution is 2.40. The number of alkyl halides is 2. The highest BCUT2D eigenvalue weighted by Gasteiger charge is 2.39. The molecule has 1 fully saturated rings. The largest absolute Gasteiger partial charge is 0.487 e. The second-order valence-corrected chi connectivity index (χ2v) is 11.6. The number of halogens is 3. The van der Waals surface area contributed by atoms with Crippen molar-refractivity contribution >= 4 is 21.8 Å². The second-order valence-electron chi connectivity index (χ2n) is 9.98. The van der Waals surface area contributed by atoms with Crippen LogP contribution in [0.1, 0.15) is 33.6 Å². The molecule has 9 nitrogen and oxygen atoms in total. The van der Waals surface area contributed by atoms with Crippen LogP contribution in [0.3, 0.4) is 0 Å². The predicted octanol–water partition coefficient (Wildman–Crippen LogP) is 3.26. The highest BCUT2D eigenvalue weighted by atomic mass is 32.2. The summed E-state index contributed by atoms with van der Waals surface area (Å²) in [6.45, 7) is 3.98. The Morgan fingerprint density at radius 1 is 1.15 bits per heavy atom. The lowest BCUT2D eigenvalue weighted by Crippen LogP contribution is -2.35. The number of benzene rings is 2. The molecule has 3 aromatic rings. The zero-order chi connectivity index (χ0) is 28.6. The van der Waals surface area contributed by atoms with Gasteiger partial charge in [0.05, 0.1) is 5.69 Å². The minimum atomic E-state index is -4.28. The van der Waals surface area contributed by atoms with Gasteiger partial charge in [0.2, 0.25) is 0 Å². The predicted molar refractivity (Wildman–Crippen MR) is 142 cm³/mol. The normalized spacial score (nSPS) is 16.9. The topological polar surface area (TPSA) is 96.8 Å². The fraction of sp³-hybridized carbons (Fsp3) is 0.407. The number of hydrogen-bond donors (Lipinski definition) is 1. The van der Waals surface area contributed by atoms with Crippen LogP contribution in [0.15, 0.2) is 36.4 Å². The Morgan fingerprint density at radius 2 is 1.90 bits per heavy atom. The molecule has 2 aromatic carbocycles. The Labute approximate surface area is 230 Å². The van der Waals surface area contributed by atoms with Gasteiger partial charge in [-0.25, -0.2) is 22.2 Å². The summed E-state index contributed by atoms with van der Waals surface area (Å²) in [5, 5.41) is 4.24. The van der Waals surface area contributed by atoms with Crippen molar-refractivity contribution in [2.45, 2.75) is 52.8 Å². The molecule has 13 heteroatoms. The molecule has 1 N–H and O–H groups in total. The molecule has 0 saturated carbocycles. The van der Waals surface area contributed by atoms with E-state index in [1.165, 1.54) is 4.68 Å². The van der Waals surface area contributed by atoms with Gasteiger partial charge in [0.25, 0.3) is 12.3 Å². The van der Waals surface area contributed by atoms with Crippen molar-refractivity contribution in [3.63, 3.8) is 0 Å². The number of aromatic nitrogens is 2. The number of nitrogens with one attached hydrogen (secondary N) is 1. The molecule has 5 rings (SSSR count). The van der Waals surface area contributed by atoms with E-state index >= 15 is 4.39 Å². The Bertz CT molecular complexity index is 1530. The van der Waals surface area contributed by atoms with Crippen molar-refractivity contribution in [3.8, 4) is 5.75 Å². The molecule has 0 spiro atoms. The van der Waals surface area contributed by atoms with Crippen molar-refractivity contribution in [2.24, 2.45) is 0 Å². The van der Waals surface area contributed by atoms with Gasteiger partial charge in [0.1, 0.15) is 31.1 Å². The molecule has 40 heavy (non-hydrogen) atoms. The minimum absolute atomic E-state index is 0.0475. The standard InChI is InChI=1S/C27H30F3N5O4S/c1-17-21(18(2)34(31-17)14-24(28)29)9-11-33-10-8-20-12-23(39-16-19-6-4-3-5-7-19)27(26(30)22(20)13-33)35-15-25(36)32-40(35,37)38/h3-7,12,24H,8-11,13-16H2,1-2H3,(H,32,36). The van der Waals surface area contributed by atoms with Crippen LogP contribution in [0, 0.1) is 19.7 Å². The summed E-state index contributed by atoms with van der Waals surface area (Å²) >= 11 is 0. The van der Waals surface area contributed by atoms with Crippen LogP contribution in [0.5, 0.6) is 5.75 Å². The third-order valence-electron chi connectivity index (χ3n) is 7.31. The summed E-state index contributed by atoms with van der Waals surface area (Å²) in [5.41, 5.74) is 3.80. The van der Waals surface area contributed by atoms with Gasteiger partial charge in [-0.3, -0.25) is 14.4 Å². The zero-order valence-corrected chi connectivity index (χ0v) is 23.0. The number of anilines is 1. The van der Waals surface area contributed by atoms with Gasteiger partial charge in [-0.15, -0.1) is 0 Å². The number of rotatable bonds is 9. The summed E-state index contributed by atoms with van der Waals surface area (Å²) in [5.74, 6) is -1.46. The van der Waals surface area contributed by atoms with E-state index in [2.05, 4.69) is 5.10 Å². The summed E-state index contributed by atoms with van der Waals surface area (Å²) in [4.78, 5) is 14.0. The first-order valence-corrected chi connectivity index (χ1v) is 14.3. The molecule has 214 valence electrons. The van der Waals surface area contributed by atoms with Crippen molar-refractivity contribution in [3.05, 3.63) is 75.9 Å². The number of carbonyl (C=O) groups is 1. The van der Waals surface area contributed by atoms with Crippen LogP contribution in [0.2, 0.25) is 0 Å². The number of carbonyl (C=O) groups excluding carboxylic acids is 1. The van der Waals surface area contributed by atoms with Crippen molar-refractivity contribution in [1.82, 2.24) is 19.4 Å². The SMILES string of the molecule is Cc1nn(CC(F)F)c(C)c1CCN1CCc2cc(OCc3ccccc3)c(N3CC(=O)NS3(=O)=O)c(F)c2C1. The number of ether oxygens (including phenoxy) is 1. The molecule has 3 heterocycles. The smallest absolute Gasteiger partial charge is 0.326 e. The van der Waals surface area contributed by atoms with Gasteiger partial charge in [-0.05, 0) is 49.4 Å². The van der Waals surface area contributed by atoms with Crippen LogP contribution in [-0.4, -0.2) is 55.1 Å². The van der Waals surface area contributed by atoms with Crippen LogP contribution in [-0.2, 0) is 47.5 Å². The second kappa shape index (κ2) is 11.1. The molecule has 0 radical (unpaired) electrons. The molecule has 1 amide bonds. The first-order valence-electron chi connectivity index (χ1n) is 12.9. The summed E-state index contributed by atoms with van der Waals surface area (Å²) in [6, 6.07) is 10.9. The van der Waals surface area contributed by atoms with Gasteiger partial charge in [0.15, 0.2) is 5.82 Å². The lowest BCUT2D eigenvalue weighted by atomic mass is 9.97. The molecule has 2 aliphatic heterocycles. The lowest BCUT2D eigenvalue weighted by molar-refractivity contribution is -0.117. The maximum absolute atomic E-state index is 16.2. The van der Waals surface area contributed by atoms with Crippen molar-refractivity contribution < 1.29 is 31.1 Å². The molecule has 2 aliphatic rings. The van der Waals surface area contributed by atoms with Gasteiger partial charge in [-0.1, -0.05) is 30.3 Å². The fourth-order valence-electron chi connectivity index (χ4n) is 5.27. The minimum Gasteiger partial charge on any atom is -0.487 e. The maximum Gasteiger partial charge on any atom is 0.326 e. The summed E-state index contributed by atoms with van der Waals surface area (Å²) in [7, 11) is -4.28. The van der Waals surface area contributed by atoms with Crippen LogP contribution >= 0.6 is 0 Å². The zero-order valence-electron chi connectivity index (χ0n) is 22.2. The summed E-state index contributed by atoms with van der Waals surface area (Å²) < 4.78 is 77.2. The van der Waals surface area contributed by atoms with E-state index in [-0.39, 0.29) is 24.6 Å². The third-order valence-corrected chi connectivity index (χ3v) is 8.68. The molecular weight excluding hydrogens is 547 g/mol. The van der Waals surface area contributed by atoms with E-state index in [4.69, 9.17) is 4.74 Å². The maximum atomic E-state index is 16.2. The van der Waals surface area contributed by atoms with Crippen LogP contribution in [0.25, 0.3) is 0 Å². The van der Waals surface area contributed by atoms with E-state index in [0.29, 0.717) is 52.8 Å². The van der Waals surface area contributed by atoms with Crippen molar-refractivity contribution in [1.29, 1.82) is 0 Å². The quantitative estimate of drug-likeness (QED) is 0.420. The molecule has 0 atom stereocenters. The van der Waals surface area contributed by atoms with Crippen LogP contribution in [0.4, 0.5) is 18.9 Å². The van der Waals surface area contributed by atoms with Gasteiger partial charge < -0.3 is 4.74 Å². The number of nitrogens with zero attached hydrogens (tertiary/aromatic N) is 4. The Balaban J connectivity index is 1.41. The van der Waals surface area contributed by atoms with E-state index in [9.17, 15) is 22.0 Å². The molecule has 0 unspecified atom stereocenters.